The summed E-state index contributed by atoms with van der Waals surface area (Å²) in [7, 11) is 0. The number of fused-ring (bicyclic) bond motifs is 1. The fourth-order valence-corrected chi connectivity index (χ4v) is 3.11. The number of anilines is 1. The van der Waals surface area contributed by atoms with Crippen molar-refractivity contribution in [2.75, 3.05) is 5.32 Å². The lowest BCUT2D eigenvalue weighted by molar-refractivity contribution is 0.510. The Morgan fingerprint density at radius 2 is 2.20 bits per heavy atom. The highest BCUT2D eigenvalue weighted by Gasteiger charge is 2.15. The zero-order valence-corrected chi connectivity index (χ0v) is 13.3. The number of nitrogens with one attached hydrogen (secondary N) is 1. The van der Waals surface area contributed by atoms with Gasteiger partial charge in [0.15, 0.2) is 5.82 Å². The van der Waals surface area contributed by atoms with Crippen LogP contribution in [0.1, 0.15) is 37.0 Å². The highest BCUT2D eigenvalue weighted by Crippen LogP contribution is 2.22. The van der Waals surface area contributed by atoms with Gasteiger partial charge in [-0.1, -0.05) is 22.9 Å². The number of nitrogens with zero attached hydrogens (tertiary/aromatic N) is 3. The lowest BCUT2D eigenvalue weighted by Crippen LogP contribution is -2.15. The fraction of sp³-hybridized carbons (Fsp3) is 0.467. The smallest absolute Gasteiger partial charge is 0.152 e. The molecule has 0 amide bonds. The van der Waals surface area contributed by atoms with Crippen molar-refractivity contribution in [2.45, 2.75) is 45.7 Å². The topological polar surface area (TPSA) is 42.7 Å². The molecule has 0 aliphatic carbocycles. The molecule has 4 nitrogen and oxygen atoms in total. The molecular formula is C15H19BrN4. The van der Waals surface area contributed by atoms with Gasteiger partial charge in [0.1, 0.15) is 5.82 Å². The van der Waals surface area contributed by atoms with Crippen LogP contribution in [-0.4, -0.2) is 14.8 Å². The van der Waals surface area contributed by atoms with E-state index in [1.165, 1.54) is 24.1 Å². The highest BCUT2D eigenvalue weighted by atomic mass is 79.9. The van der Waals surface area contributed by atoms with Gasteiger partial charge in [0.2, 0.25) is 0 Å². The minimum atomic E-state index is 0.738. The average molecular weight is 335 g/mol. The zero-order valence-electron chi connectivity index (χ0n) is 11.7. The lowest BCUT2D eigenvalue weighted by atomic mass is 10.1. The Bertz CT molecular complexity index is 606. The highest BCUT2D eigenvalue weighted by molar-refractivity contribution is 9.10. The van der Waals surface area contributed by atoms with Crippen molar-refractivity contribution in [3.8, 4) is 0 Å². The average Bonchev–Trinajstić information content (AvgIpc) is 2.89. The van der Waals surface area contributed by atoms with Gasteiger partial charge in [-0.3, -0.25) is 0 Å². The molecule has 0 fully saturated rings. The Hall–Kier alpha value is -1.36. The van der Waals surface area contributed by atoms with E-state index in [4.69, 9.17) is 0 Å². The monoisotopic (exact) mass is 334 g/mol. The molecule has 0 spiro atoms. The molecule has 3 rings (SSSR count). The molecule has 1 aromatic heterocycles. The number of benzene rings is 1. The minimum Gasteiger partial charge on any atom is -0.378 e. The number of aryl methyl sites for hydroxylation is 2. The van der Waals surface area contributed by atoms with Crippen molar-refractivity contribution >= 4 is 21.6 Å². The van der Waals surface area contributed by atoms with Gasteiger partial charge in [-0.05, 0) is 43.0 Å². The maximum absolute atomic E-state index is 4.33. The van der Waals surface area contributed by atoms with E-state index in [0.717, 1.165) is 42.1 Å². The number of hydrogen-bond acceptors (Lipinski definition) is 3. The lowest BCUT2D eigenvalue weighted by Gasteiger charge is -2.16. The van der Waals surface area contributed by atoms with Gasteiger partial charge in [0.05, 0.1) is 6.54 Å². The SMILES string of the molecule is CCc1cc(Br)ccc1NCc1nnc2n1CCCC2. The molecule has 0 atom stereocenters. The van der Waals surface area contributed by atoms with Crippen LogP contribution in [0, 0.1) is 0 Å². The van der Waals surface area contributed by atoms with E-state index in [0.29, 0.717) is 0 Å². The van der Waals surface area contributed by atoms with Gasteiger partial charge in [0.25, 0.3) is 0 Å². The molecule has 0 bridgehead atoms. The number of rotatable bonds is 4. The summed E-state index contributed by atoms with van der Waals surface area (Å²) in [6.45, 7) is 3.97. The second kappa shape index (κ2) is 5.95. The Morgan fingerprint density at radius 3 is 3.05 bits per heavy atom. The molecule has 0 radical (unpaired) electrons. The fourth-order valence-electron chi connectivity index (χ4n) is 2.70. The summed E-state index contributed by atoms with van der Waals surface area (Å²) in [6.07, 6.45) is 4.54. The first-order valence-corrected chi connectivity index (χ1v) is 8.00. The van der Waals surface area contributed by atoms with Crippen LogP contribution < -0.4 is 5.32 Å². The first kappa shape index (κ1) is 13.6. The molecule has 1 aromatic carbocycles. The van der Waals surface area contributed by atoms with Crippen LogP contribution in [0.5, 0.6) is 0 Å². The quantitative estimate of drug-likeness (QED) is 0.929. The summed E-state index contributed by atoms with van der Waals surface area (Å²) in [5.74, 6) is 2.18. The molecule has 1 aliphatic heterocycles. The normalized spacial score (nSPS) is 14.1. The molecule has 2 aromatic rings. The summed E-state index contributed by atoms with van der Waals surface area (Å²) in [4.78, 5) is 0. The van der Waals surface area contributed by atoms with Crippen molar-refractivity contribution in [2.24, 2.45) is 0 Å². The van der Waals surface area contributed by atoms with E-state index in [2.05, 4.69) is 61.1 Å². The second-order valence-corrected chi connectivity index (χ2v) is 6.07. The second-order valence-electron chi connectivity index (χ2n) is 5.15. The van der Waals surface area contributed by atoms with E-state index >= 15 is 0 Å². The van der Waals surface area contributed by atoms with Crippen LogP contribution in [-0.2, 0) is 25.9 Å². The number of hydrogen-bond donors (Lipinski definition) is 1. The maximum Gasteiger partial charge on any atom is 0.152 e. The number of aromatic nitrogens is 3. The van der Waals surface area contributed by atoms with Gasteiger partial charge < -0.3 is 9.88 Å². The minimum absolute atomic E-state index is 0.738. The summed E-state index contributed by atoms with van der Waals surface area (Å²) in [5.41, 5.74) is 2.50. The zero-order chi connectivity index (χ0) is 13.9. The molecule has 5 heteroatoms. The van der Waals surface area contributed by atoms with E-state index in [-0.39, 0.29) is 0 Å². The first-order valence-electron chi connectivity index (χ1n) is 7.21. The van der Waals surface area contributed by atoms with Crippen LogP contribution in [0.3, 0.4) is 0 Å². The number of halogens is 1. The predicted molar refractivity (Wildman–Crippen MR) is 83.8 cm³/mol. The third kappa shape index (κ3) is 2.73. The summed E-state index contributed by atoms with van der Waals surface area (Å²) < 4.78 is 3.39. The molecule has 0 saturated heterocycles. The van der Waals surface area contributed by atoms with Crippen molar-refractivity contribution < 1.29 is 0 Å². The molecule has 0 saturated carbocycles. The van der Waals surface area contributed by atoms with E-state index in [1.54, 1.807) is 0 Å². The molecular weight excluding hydrogens is 316 g/mol. The molecule has 2 heterocycles. The summed E-state index contributed by atoms with van der Waals surface area (Å²) in [5, 5.41) is 12.1. The van der Waals surface area contributed by atoms with Crippen LogP contribution >= 0.6 is 15.9 Å². The first-order chi connectivity index (χ1) is 9.78. The van der Waals surface area contributed by atoms with Gasteiger partial charge in [-0.25, -0.2) is 0 Å². The van der Waals surface area contributed by atoms with E-state index in [9.17, 15) is 0 Å². The van der Waals surface area contributed by atoms with Crippen LogP contribution in [0.25, 0.3) is 0 Å². The summed E-state index contributed by atoms with van der Waals surface area (Å²) in [6, 6.07) is 6.36. The van der Waals surface area contributed by atoms with E-state index in [1.807, 2.05) is 0 Å². The standard InChI is InChI=1S/C15H19BrN4/c1-2-11-9-12(16)6-7-13(11)17-10-15-19-18-14-5-3-4-8-20(14)15/h6-7,9,17H,2-5,8,10H2,1H3. The molecule has 20 heavy (non-hydrogen) atoms. The van der Waals surface area contributed by atoms with Crippen LogP contribution in [0.2, 0.25) is 0 Å². The molecule has 106 valence electrons. The Balaban J connectivity index is 1.75. The third-order valence-electron chi connectivity index (χ3n) is 3.82. The Kier molecular flexibility index (Phi) is 4.05. The Labute approximate surface area is 127 Å². The third-order valence-corrected chi connectivity index (χ3v) is 4.31. The largest absolute Gasteiger partial charge is 0.378 e. The van der Waals surface area contributed by atoms with Crippen molar-refractivity contribution in [1.29, 1.82) is 0 Å². The van der Waals surface area contributed by atoms with Crippen molar-refractivity contribution in [1.82, 2.24) is 14.8 Å². The van der Waals surface area contributed by atoms with Gasteiger partial charge in [-0.2, -0.15) is 0 Å². The van der Waals surface area contributed by atoms with Crippen LogP contribution in [0.4, 0.5) is 5.69 Å². The van der Waals surface area contributed by atoms with Gasteiger partial charge in [0, 0.05) is 23.1 Å². The predicted octanol–water partition coefficient (Wildman–Crippen LogP) is 3.55. The van der Waals surface area contributed by atoms with Crippen molar-refractivity contribution in [3.05, 3.63) is 39.9 Å². The maximum atomic E-state index is 4.33. The van der Waals surface area contributed by atoms with E-state index < -0.39 is 0 Å². The van der Waals surface area contributed by atoms with Crippen molar-refractivity contribution in [3.63, 3.8) is 0 Å². The molecule has 1 N–H and O–H groups in total. The molecule has 0 unspecified atom stereocenters. The van der Waals surface area contributed by atoms with Gasteiger partial charge >= 0.3 is 0 Å². The summed E-state index contributed by atoms with van der Waals surface area (Å²) >= 11 is 3.52. The van der Waals surface area contributed by atoms with Crippen LogP contribution in [0.15, 0.2) is 22.7 Å². The Morgan fingerprint density at radius 1 is 1.30 bits per heavy atom. The molecule has 1 aliphatic rings. The van der Waals surface area contributed by atoms with Gasteiger partial charge in [-0.15, -0.1) is 10.2 Å².